The zero-order valence-corrected chi connectivity index (χ0v) is 53.3. The molecule has 0 saturated heterocycles. The van der Waals surface area contributed by atoms with Gasteiger partial charge in [0.25, 0.3) is 0 Å². The van der Waals surface area contributed by atoms with E-state index in [-0.39, 0.29) is 94.2 Å². The number of quaternary nitrogens is 1. The fourth-order valence-electron chi connectivity index (χ4n) is 13.1. The van der Waals surface area contributed by atoms with Crippen LogP contribution in [0.15, 0.2) is 170 Å². The van der Waals surface area contributed by atoms with Crippen molar-refractivity contribution in [2.24, 2.45) is 0 Å². The number of rotatable bonds is 12. The van der Waals surface area contributed by atoms with Gasteiger partial charge in [-0.1, -0.05) is 75.2 Å². The van der Waals surface area contributed by atoms with Crippen LogP contribution < -0.4 is 17.0 Å². The summed E-state index contributed by atoms with van der Waals surface area (Å²) in [6.07, 6.45) is -41.9. The van der Waals surface area contributed by atoms with Crippen LogP contribution in [0.4, 0.5) is 105 Å². The number of hydrogen-bond acceptors (Lipinski definition) is 0. The summed E-state index contributed by atoms with van der Waals surface area (Å²) in [5.41, 5.74) is -19.0. The smallest absolute Gasteiger partial charge is 0.416 e. The number of hydrogen-bond donors (Lipinski definition) is 0. The highest BCUT2D eigenvalue weighted by molar-refractivity contribution is 6.12. The Morgan fingerprint density at radius 1 is 0.270 bits per heavy atom. The molecule has 0 spiro atoms. The lowest BCUT2D eigenvalue weighted by atomic mass is 9.81. The Morgan fingerprint density at radius 2 is 0.480 bits per heavy atom. The molecular formula is C74H50BrF24N. The topological polar surface area (TPSA) is 0 Å². The molecule has 26 heteroatoms. The number of benzene rings is 10. The van der Waals surface area contributed by atoms with E-state index in [1.807, 2.05) is 13.8 Å². The van der Waals surface area contributed by atoms with Crippen LogP contribution in [-0.4, -0.2) is 17.6 Å². The first kappa shape index (κ1) is 74.2. The second-order valence-corrected chi connectivity index (χ2v) is 24.6. The molecule has 10 aromatic carbocycles. The predicted octanol–water partition coefficient (Wildman–Crippen LogP) is 23.2. The zero-order valence-electron chi connectivity index (χ0n) is 51.7. The molecule has 10 aromatic rings. The van der Waals surface area contributed by atoms with E-state index in [1.54, 1.807) is 60.7 Å². The number of alkyl halides is 24. The van der Waals surface area contributed by atoms with E-state index in [4.69, 9.17) is 0 Å². The highest BCUT2D eigenvalue weighted by atomic mass is 79.9. The average molecular weight is 1490 g/mol. The zero-order chi connectivity index (χ0) is 72.1. The van der Waals surface area contributed by atoms with Gasteiger partial charge in [0, 0.05) is 22.3 Å². The van der Waals surface area contributed by atoms with Crippen molar-refractivity contribution in [2.75, 3.05) is 13.1 Å². The number of fused-ring (bicyclic) bond motifs is 7. The third kappa shape index (κ3) is 15.4. The highest BCUT2D eigenvalue weighted by Crippen LogP contribution is 2.54. The van der Waals surface area contributed by atoms with E-state index < -0.39 is 138 Å². The summed E-state index contributed by atoms with van der Waals surface area (Å²) in [5.74, 6) is 0. The van der Waals surface area contributed by atoms with Crippen LogP contribution in [0.3, 0.4) is 0 Å². The normalized spacial score (nSPS) is 14.1. The molecule has 0 N–H and O–H groups in total. The lowest BCUT2D eigenvalue weighted by Crippen LogP contribution is -3.00. The van der Waals surface area contributed by atoms with Crippen LogP contribution in [0.25, 0.3) is 99.4 Å². The fourth-order valence-corrected chi connectivity index (χ4v) is 13.1. The van der Waals surface area contributed by atoms with Crippen molar-refractivity contribution in [3.05, 3.63) is 225 Å². The van der Waals surface area contributed by atoms with Gasteiger partial charge in [-0.05, 0) is 222 Å². The van der Waals surface area contributed by atoms with E-state index in [0.29, 0.717) is 118 Å². The predicted molar refractivity (Wildman–Crippen MR) is 327 cm³/mol. The van der Waals surface area contributed by atoms with Gasteiger partial charge in [-0.25, -0.2) is 0 Å². The maximum absolute atomic E-state index is 14.7. The standard InChI is InChI=1S/C74H50F24N.BrH/c1-3-5-15-99(16-6-4-2)37-63-61(49-19-41(45-23-51(67(75,76)77)33-52(24-45)68(78,79)80)17-42(20-49)46-25-53(69(81,82)83)34-54(26-46)70(84,85)86)31-39-11-7-9-13-59(39)65(63)66-60-14-10-8-12-40(60)32-62(64(66)38-99)50-21-43(47-27-55(71(87,88)89)35-56(28-47)72(90,91)92)18-44(22-50)48-29-57(73(93,94)95)36-58(30-48)74(96,97)98;/h7-14,17-36H,3-6,15-16,37-38H2,1-2H3;1H/q+1;/p-1. The molecule has 1 aliphatic rings. The Morgan fingerprint density at radius 3 is 0.700 bits per heavy atom. The number of halogens is 25. The summed E-state index contributed by atoms with van der Waals surface area (Å²) in [7, 11) is 0. The Labute approximate surface area is 564 Å². The van der Waals surface area contributed by atoms with Gasteiger partial charge in [0.05, 0.1) is 57.6 Å². The Bertz CT molecular complexity index is 4150. The number of unbranched alkanes of at least 4 members (excludes halogenated alkanes) is 2. The van der Waals surface area contributed by atoms with Crippen LogP contribution in [0, 0.1) is 0 Å². The molecular weight excluding hydrogens is 1440 g/mol. The lowest BCUT2D eigenvalue weighted by molar-refractivity contribution is -0.953. The SMILES string of the molecule is CCCC[N+]1(CCCC)Cc2c(-c3cc(-c4cc(C(F)(F)F)cc(C(F)(F)F)c4)cc(-c4cc(C(F)(F)F)cc(C(F)(F)F)c4)c3)cc3ccccc3c2-c2c(c(-c3cc(-c4cc(C(F)(F)F)cc(C(F)(F)F)c4)cc(-c4cc(C(F)(F)F)cc(C(F)(F)F)c4)c3)cc3ccccc23)C1.[Br-]. The van der Waals surface area contributed by atoms with E-state index in [0.717, 1.165) is 36.4 Å². The maximum atomic E-state index is 14.7. The molecule has 0 unspecified atom stereocenters. The molecule has 0 atom stereocenters. The minimum Gasteiger partial charge on any atom is -1.00 e. The summed E-state index contributed by atoms with van der Waals surface area (Å²) in [6, 6.07) is 24.2. The van der Waals surface area contributed by atoms with E-state index in [9.17, 15) is 105 Å². The molecule has 1 nitrogen and oxygen atoms in total. The van der Waals surface area contributed by atoms with Crippen molar-refractivity contribution >= 4 is 21.5 Å². The fraction of sp³-hybridized carbons (Fsp3) is 0.243. The second-order valence-electron chi connectivity index (χ2n) is 24.6. The first-order valence-corrected chi connectivity index (χ1v) is 30.4. The molecule has 0 saturated carbocycles. The largest absolute Gasteiger partial charge is 1.00 e. The first-order chi connectivity index (χ1) is 45.9. The first-order valence-electron chi connectivity index (χ1n) is 30.4. The average Bonchev–Trinajstić information content (AvgIpc) is 1.45. The minimum absolute atomic E-state index is 0. The third-order valence-electron chi connectivity index (χ3n) is 17.7. The molecule has 0 amide bonds. The van der Waals surface area contributed by atoms with Gasteiger partial charge >= 0.3 is 49.4 Å². The molecule has 526 valence electrons. The van der Waals surface area contributed by atoms with Gasteiger partial charge in [0.2, 0.25) is 0 Å². The van der Waals surface area contributed by atoms with Crippen molar-refractivity contribution in [3.63, 3.8) is 0 Å². The number of nitrogens with zero attached hydrogens (tertiary/aromatic N) is 1. The van der Waals surface area contributed by atoms with Crippen LogP contribution in [0.1, 0.15) is 95.2 Å². The quantitative estimate of drug-likeness (QED) is 0.0845. The lowest BCUT2D eigenvalue weighted by Gasteiger charge is -2.39. The molecule has 0 aromatic heterocycles. The summed E-state index contributed by atoms with van der Waals surface area (Å²) in [5, 5.41) is 1.45. The summed E-state index contributed by atoms with van der Waals surface area (Å²) >= 11 is 0. The molecule has 11 rings (SSSR count). The monoisotopic (exact) mass is 1490 g/mol. The molecule has 0 fully saturated rings. The van der Waals surface area contributed by atoms with Gasteiger partial charge in [0.15, 0.2) is 0 Å². The molecule has 0 radical (unpaired) electrons. The van der Waals surface area contributed by atoms with E-state index >= 15 is 0 Å². The van der Waals surface area contributed by atoms with E-state index in [1.165, 1.54) is 0 Å². The summed E-state index contributed by atoms with van der Waals surface area (Å²) < 4.78 is 353. The molecule has 1 aliphatic heterocycles. The molecule has 100 heavy (non-hydrogen) atoms. The molecule has 0 aliphatic carbocycles. The maximum Gasteiger partial charge on any atom is 0.416 e. The van der Waals surface area contributed by atoms with Crippen LogP contribution in [0.2, 0.25) is 0 Å². The minimum atomic E-state index is -5.46. The van der Waals surface area contributed by atoms with Crippen molar-refractivity contribution < 1.29 is 127 Å². The van der Waals surface area contributed by atoms with Crippen LogP contribution >= 0.6 is 0 Å². The van der Waals surface area contributed by atoms with Gasteiger partial charge in [-0.2, -0.15) is 105 Å². The molecule has 0 bridgehead atoms. The second kappa shape index (κ2) is 26.5. The third-order valence-corrected chi connectivity index (χ3v) is 17.7. The van der Waals surface area contributed by atoms with Crippen LogP contribution in [0.5, 0.6) is 0 Å². The van der Waals surface area contributed by atoms with Crippen LogP contribution in [-0.2, 0) is 62.5 Å². The Hall–Kier alpha value is -8.52. The van der Waals surface area contributed by atoms with Gasteiger partial charge in [-0.3, -0.25) is 0 Å². The van der Waals surface area contributed by atoms with Crippen molar-refractivity contribution in [1.29, 1.82) is 0 Å². The Kier molecular flexibility index (Phi) is 19.6. The van der Waals surface area contributed by atoms with Crippen molar-refractivity contribution in [1.82, 2.24) is 0 Å². The summed E-state index contributed by atoms with van der Waals surface area (Å²) in [4.78, 5) is 0. The highest BCUT2D eigenvalue weighted by Gasteiger charge is 2.44. The Balaban J connectivity index is 0.0000108. The van der Waals surface area contributed by atoms with Gasteiger partial charge < -0.3 is 21.5 Å². The van der Waals surface area contributed by atoms with Gasteiger partial charge in [-0.15, -0.1) is 0 Å². The molecule has 1 heterocycles. The van der Waals surface area contributed by atoms with Crippen molar-refractivity contribution in [2.45, 2.75) is 102 Å². The summed E-state index contributed by atoms with van der Waals surface area (Å²) in [6.45, 7) is 3.99. The van der Waals surface area contributed by atoms with E-state index in [2.05, 4.69) is 0 Å². The van der Waals surface area contributed by atoms with Crippen molar-refractivity contribution in [3.8, 4) is 77.9 Å². The van der Waals surface area contributed by atoms with Gasteiger partial charge in [0.1, 0.15) is 13.1 Å².